The van der Waals surface area contributed by atoms with Crippen LogP contribution in [0.2, 0.25) is 5.02 Å². The summed E-state index contributed by atoms with van der Waals surface area (Å²) in [6.07, 6.45) is 0. The maximum absolute atomic E-state index is 5.74. The first kappa shape index (κ1) is 10.4. The van der Waals surface area contributed by atoms with E-state index < -0.39 is 0 Å². The third kappa shape index (κ3) is 2.12. The number of benzene rings is 1. The minimum absolute atomic E-state index is 0.107. The molecule has 1 heterocycles. The average Bonchev–Trinajstić information content (AvgIpc) is 2.68. The van der Waals surface area contributed by atoms with Crippen LogP contribution in [0.25, 0.3) is 0 Å². The molecule has 0 saturated heterocycles. The Bertz CT molecular complexity index is 519. The summed E-state index contributed by atoms with van der Waals surface area (Å²) < 4.78 is 4.42. The van der Waals surface area contributed by atoms with Gasteiger partial charge in [0, 0.05) is 5.02 Å². The lowest BCUT2D eigenvalue weighted by Crippen LogP contribution is -2.15. The third-order valence-electron chi connectivity index (χ3n) is 1.83. The smallest absolute Gasteiger partial charge is 0.199 e. The quantitative estimate of drug-likeness (QED) is 0.606. The molecule has 7 heteroatoms. The lowest BCUT2D eigenvalue weighted by Gasteiger charge is -1.97. The van der Waals surface area contributed by atoms with Gasteiger partial charge in [0.1, 0.15) is 0 Å². The normalized spacial score (nSPS) is 11.7. The van der Waals surface area contributed by atoms with Gasteiger partial charge in [-0.15, -0.1) is 0 Å². The SMILES string of the molecule is NC(=Nc1ccc(Cl)cc1)c1nonc1N. The summed E-state index contributed by atoms with van der Waals surface area (Å²) in [5.74, 6) is 0.247. The Morgan fingerprint density at radius 2 is 1.94 bits per heavy atom. The Balaban J connectivity index is 2.31. The fourth-order valence-electron chi connectivity index (χ4n) is 1.08. The highest BCUT2D eigenvalue weighted by atomic mass is 35.5. The summed E-state index contributed by atoms with van der Waals surface area (Å²) in [5, 5.41) is 7.56. The molecule has 0 spiro atoms. The highest BCUT2D eigenvalue weighted by Gasteiger charge is 2.10. The van der Waals surface area contributed by atoms with Crippen molar-refractivity contribution in [1.82, 2.24) is 10.3 Å². The van der Waals surface area contributed by atoms with Crippen molar-refractivity contribution in [2.75, 3.05) is 5.73 Å². The molecule has 0 amide bonds. The van der Waals surface area contributed by atoms with Crippen LogP contribution in [0.15, 0.2) is 33.9 Å². The van der Waals surface area contributed by atoms with Crippen LogP contribution in [0.3, 0.4) is 0 Å². The molecule has 0 unspecified atom stereocenters. The van der Waals surface area contributed by atoms with Crippen molar-refractivity contribution in [1.29, 1.82) is 0 Å². The fourth-order valence-corrected chi connectivity index (χ4v) is 1.21. The molecule has 2 aromatic rings. The number of halogens is 1. The van der Waals surface area contributed by atoms with E-state index in [0.29, 0.717) is 10.7 Å². The van der Waals surface area contributed by atoms with Crippen molar-refractivity contribution in [3.05, 3.63) is 35.0 Å². The van der Waals surface area contributed by atoms with Crippen molar-refractivity contribution in [3.8, 4) is 0 Å². The molecule has 0 aliphatic rings. The maximum Gasteiger partial charge on any atom is 0.199 e. The number of anilines is 1. The summed E-state index contributed by atoms with van der Waals surface area (Å²) in [6.45, 7) is 0. The summed E-state index contributed by atoms with van der Waals surface area (Å²) >= 11 is 5.74. The van der Waals surface area contributed by atoms with Gasteiger partial charge in [-0.2, -0.15) is 0 Å². The van der Waals surface area contributed by atoms with Crippen LogP contribution < -0.4 is 11.5 Å². The highest BCUT2D eigenvalue weighted by molar-refractivity contribution is 6.30. The van der Waals surface area contributed by atoms with E-state index in [1.807, 2.05) is 0 Å². The summed E-state index contributed by atoms with van der Waals surface area (Å²) in [4.78, 5) is 4.10. The van der Waals surface area contributed by atoms with Crippen molar-refractivity contribution in [2.45, 2.75) is 0 Å². The van der Waals surface area contributed by atoms with Gasteiger partial charge >= 0.3 is 0 Å². The second kappa shape index (κ2) is 4.19. The fraction of sp³-hybridized carbons (Fsp3) is 0. The van der Waals surface area contributed by atoms with Gasteiger partial charge in [-0.1, -0.05) is 11.6 Å². The number of nitrogen functional groups attached to an aromatic ring is 1. The molecule has 82 valence electrons. The first-order chi connectivity index (χ1) is 7.66. The molecule has 1 aromatic heterocycles. The van der Waals surface area contributed by atoms with Crippen LogP contribution in [0.1, 0.15) is 5.69 Å². The third-order valence-corrected chi connectivity index (χ3v) is 2.08. The van der Waals surface area contributed by atoms with Crippen LogP contribution in [0, 0.1) is 0 Å². The molecule has 0 fully saturated rings. The number of rotatable bonds is 2. The minimum atomic E-state index is 0.107. The summed E-state index contributed by atoms with van der Waals surface area (Å²) in [6, 6.07) is 6.86. The van der Waals surface area contributed by atoms with E-state index in [-0.39, 0.29) is 17.3 Å². The molecule has 0 aliphatic heterocycles. The number of hydrogen-bond acceptors (Lipinski definition) is 5. The number of aromatic nitrogens is 2. The van der Waals surface area contributed by atoms with Crippen molar-refractivity contribution in [2.24, 2.45) is 10.7 Å². The molecule has 16 heavy (non-hydrogen) atoms. The van der Waals surface area contributed by atoms with E-state index in [2.05, 4.69) is 19.9 Å². The number of aliphatic imine (C=N–C) groups is 1. The van der Waals surface area contributed by atoms with E-state index in [1.54, 1.807) is 24.3 Å². The van der Waals surface area contributed by atoms with Gasteiger partial charge in [-0.05, 0) is 34.6 Å². The van der Waals surface area contributed by atoms with Crippen LogP contribution in [0.4, 0.5) is 11.5 Å². The zero-order chi connectivity index (χ0) is 11.5. The van der Waals surface area contributed by atoms with Crippen LogP contribution in [0.5, 0.6) is 0 Å². The standard InChI is InChI=1S/C9H8ClN5O/c10-5-1-3-6(4-2-5)13-8(11)7-9(12)15-16-14-7/h1-4H,(H2,11,13)(H2,12,15). The second-order valence-corrected chi connectivity index (χ2v) is 3.41. The Labute approximate surface area is 95.9 Å². The second-order valence-electron chi connectivity index (χ2n) is 2.97. The number of nitrogens with zero attached hydrogens (tertiary/aromatic N) is 3. The van der Waals surface area contributed by atoms with Crippen molar-refractivity contribution in [3.63, 3.8) is 0 Å². The lowest BCUT2D eigenvalue weighted by atomic mass is 10.3. The molecule has 6 nitrogen and oxygen atoms in total. The van der Waals surface area contributed by atoms with Crippen LogP contribution in [-0.4, -0.2) is 16.1 Å². The average molecular weight is 238 g/mol. The maximum atomic E-state index is 5.74. The van der Waals surface area contributed by atoms with Crippen molar-refractivity contribution >= 4 is 28.9 Å². The molecule has 2 rings (SSSR count). The number of hydrogen-bond donors (Lipinski definition) is 2. The number of nitrogens with two attached hydrogens (primary N) is 2. The Kier molecular flexibility index (Phi) is 2.74. The van der Waals surface area contributed by atoms with Gasteiger partial charge in [-0.3, -0.25) is 0 Å². The minimum Gasteiger partial charge on any atom is -0.382 e. The van der Waals surface area contributed by atoms with Gasteiger partial charge in [0.25, 0.3) is 0 Å². The van der Waals surface area contributed by atoms with Gasteiger partial charge in [0.15, 0.2) is 17.3 Å². The molecule has 0 aliphatic carbocycles. The first-order valence-corrected chi connectivity index (χ1v) is 4.73. The van der Waals surface area contributed by atoms with Gasteiger partial charge in [0.05, 0.1) is 5.69 Å². The zero-order valence-electron chi connectivity index (χ0n) is 8.09. The molecule has 4 N–H and O–H groups in total. The number of amidine groups is 1. The largest absolute Gasteiger partial charge is 0.382 e. The molecule has 0 saturated carbocycles. The van der Waals surface area contributed by atoms with Gasteiger partial charge < -0.3 is 11.5 Å². The molecule has 0 atom stereocenters. The van der Waals surface area contributed by atoms with Crippen LogP contribution in [-0.2, 0) is 0 Å². The zero-order valence-corrected chi connectivity index (χ0v) is 8.85. The van der Waals surface area contributed by atoms with E-state index >= 15 is 0 Å². The predicted octanol–water partition coefficient (Wildman–Crippen LogP) is 1.34. The van der Waals surface area contributed by atoms with E-state index in [9.17, 15) is 0 Å². The van der Waals surface area contributed by atoms with Gasteiger partial charge in [-0.25, -0.2) is 9.62 Å². The molecular formula is C9H8ClN5O. The first-order valence-electron chi connectivity index (χ1n) is 4.35. The molecule has 0 bridgehead atoms. The topological polar surface area (TPSA) is 103 Å². The lowest BCUT2D eigenvalue weighted by molar-refractivity contribution is 0.308. The van der Waals surface area contributed by atoms with E-state index in [4.69, 9.17) is 23.1 Å². The predicted molar refractivity (Wildman–Crippen MR) is 60.5 cm³/mol. The Morgan fingerprint density at radius 1 is 1.25 bits per heavy atom. The highest BCUT2D eigenvalue weighted by Crippen LogP contribution is 2.17. The Morgan fingerprint density at radius 3 is 2.50 bits per heavy atom. The molecular weight excluding hydrogens is 230 g/mol. The van der Waals surface area contributed by atoms with E-state index in [1.165, 1.54) is 0 Å². The summed E-state index contributed by atoms with van der Waals surface area (Å²) in [7, 11) is 0. The molecule has 0 radical (unpaired) electrons. The monoisotopic (exact) mass is 237 g/mol. The summed E-state index contributed by atoms with van der Waals surface area (Å²) in [5.41, 5.74) is 12.0. The molecule has 1 aromatic carbocycles. The van der Waals surface area contributed by atoms with Gasteiger partial charge in [0.2, 0.25) is 0 Å². The Hall–Kier alpha value is -2.08. The van der Waals surface area contributed by atoms with Crippen molar-refractivity contribution < 1.29 is 4.63 Å². The van der Waals surface area contributed by atoms with E-state index in [0.717, 1.165) is 0 Å². The van der Waals surface area contributed by atoms with Crippen LogP contribution >= 0.6 is 11.6 Å².